The van der Waals surface area contributed by atoms with E-state index in [2.05, 4.69) is 15.9 Å². The lowest BCUT2D eigenvalue weighted by Crippen LogP contribution is -2.15. The molecule has 0 aliphatic rings. The number of rotatable bonds is 6. The molecule has 0 amide bonds. The van der Waals surface area contributed by atoms with Crippen LogP contribution in [0.15, 0.2) is 22.7 Å². The minimum Gasteiger partial charge on any atom is -0.379 e. The van der Waals surface area contributed by atoms with Gasteiger partial charge in [0.2, 0.25) is 0 Å². The number of ether oxygens (including phenoxy) is 2. The van der Waals surface area contributed by atoms with Crippen LogP contribution < -0.4 is 0 Å². The molecular weight excluding hydrogens is 291 g/mol. The summed E-state index contributed by atoms with van der Waals surface area (Å²) < 4.78 is 11.9. The predicted molar refractivity (Wildman–Crippen MR) is 69.9 cm³/mol. The molecule has 0 fully saturated rings. The molecule has 0 heterocycles. The molecule has 0 aliphatic heterocycles. The van der Waals surface area contributed by atoms with Crippen molar-refractivity contribution in [1.82, 2.24) is 0 Å². The summed E-state index contributed by atoms with van der Waals surface area (Å²) in [5, 5.41) is 0.720. The fourth-order valence-electron chi connectivity index (χ4n) is 1.20. The van der Waals surface area contributed by atoms with Gasteiger partial charge in [0, 0.05) is 16.1 Å². The average Bonchev–Trinajstić information content (AvgIpc) is 2.25. The maximum Gasteiger partial charge on any atom is 0.0785 e. The topological polar surface area (TPSA) is 18.5 Å². The minimum atomic E-state index is 0.0830. The van der Waals surface area contributed by atoms with Gasteiger partial charge in [-0.3, -0.25) is 0 Å². The first-order valence-electron chi connectivity index (χ1n) is 5.26. The Morgan fingerprint density at radius 2 is 2.19 bits per heavy atom. The van der Waals surface area contributed by atoms with E-state index in [1.807, 2.05) is 32.0 Å². The maximum absolute atomic E-state index is 6.08. The van der Waals surface area contributed by atoms with Gasteiger partial charge in [-0.25, -0.2) is 0 Å². The van der Waals surface area contributed by atoms with Gasteiger partial charge in [-0.15, -0.1) is 0 Å². The summed E-state index contributed by atoms with van der Waals surface area (Å²) >= 11 is 9.44. The van der Waals surface area contributed by atoms with Gasteiger partial charge in [0.25, 0.3) is 0 Å². The molecule has 0 spiro atoms. The fraction of sp³-hybridized carbons (Fsp3) is 0.500. The van der Waals surface area contributed by atoms with Crippen molar-refractivity contribution in [3.8, 4) is 0 Å². The fourth-order valence-corrected chi connectivity index (χ4v) is 1.93. The van der Waals surface area contributed by atoms with E-state index in [0.29, 0.717) is 19.8 Å². The second kappa shape index (κ2) is 7.28. The van der Waals surface area contributed by atoms with Crippen molar-refractivity contribution in [1.29, 1.82) is 0 Å². The smallest absolute Gasteiger partial charge is 0.0785 e. The first-order chi connectivity index (χ1) is 7.63. The van der Waals surface area contributed by atoms with Gasteiger partial charge in [0.15, 0.2) is 0 Å². The largest absolute Gasteiger partial charge is 0.379 e. The molecule has 1 atom stereocenters. The van der Waals surface area contributed by atoms with Gasteiger partial charge >= 0.3 is 0 Å². The second-order valence-electron chi connectivity index (χ2n) is 3.52. The average molecular weight is 308 g/mol. The molecular formula is C12H16BrClO2. The van der Waals surface area contributed by atoms with Gasteiger partial charge in [-0.05, 0) is 31.5 Å². The van der Waals surface area contributed by atoms with Gasteiger partial charge in [-0.1, -0.05) is 33.6 Å². The lowest BCUT2D eigenvalue weighted by Gasteiger charge is -2.13. The quantitative estimate of drug-likeness (QED) is 0.789. The predicted octanol–water partition coefficient (Wildman–Crippen LogP) is 4.04. The van der Waals surface area contributed by atoms with Crippen molar-refractivity contribution >= 4 is 27.5 Å². The normalized spacial score (nSPS) is 12.8. The molecule has 1 unspecified atom stereocenters. The van der Waals surface area contributed by atoms with E-state index in [4.69, 9.17) is 21.1 Å². The molecule has 1 aromatic rings. The Bertz CT molecular complexity index is 331. The third-order valence-electron chi connectivity index (χ3n) is 2.10. The lowest BCUT2D eigenvalue weighted by molar-refractivity contribution is -0.0116. The van der Waals surface area contributed by atoms with E-state index in [9.17, 15) is 0 Å². The zero-order valence-corrected chi connectivity index (χ0v) is 11.8. The summed E-state index contributed by atoms with van der Waals surface area (Å²) in [6.07, 6.45) is 0.0830. The molecule has 0 radical (unpaired) electrons. The third-order valence-corrected chi connectivity index (χ3v) is 2.94. The Balaban J connectivity index is 2.42. The van der Waals surface area contributed by atoms with E-state index < -0.39 is 0 Å². The summed E-state index contributed by atoms with van der Waals surface area (Å²) in [5.74, 6) is 0. The Morgan fingerprint density at radius 1 is 1.44 bits per heavy atom. The van der Waals surface area contributed by atoms with Crippen LogP contribution in [0.2, 0.25) is 5.02 Å². The van der Waals surface area contributed by atoms with Crippen LogP contribution in [0.25, 0.3) is 0 Å². The highest BCUT2D eigenvalue weighted by atomic mass is 79.9. The van der Waals surface area contributed by atoms with E-state index in [1.54, 1.807) is 0 Å². The Morgan fingerprint density at radius 3 is 2.81 bits per heavy atom. The van der Waals surface area contributed by atoms with Crippen LogP contribution in [0.3, 0.4) is 0 Å². The Labute approximate surface area is 110 Å². The molecule has 0 aliphatic carbocycles. The minimum absolute atomic E-state index is 0.0830. The molecule has 16 heavy (non-hydrogen) atoms. The highest BCUT2D eigenvalue weighted by Crippen LogP contribution is 2.22. The Hall–Kier alpha value is -0.0900. The molecule has 1 aromatic carbocycles. The van der Waals surface area contributed by atoms with Crippen molar-refractivity contribution in [2.24, 2.45) is 0 Å². The molecule has 0 N–H and O–H groups in total. The summed E-state index contributed by atoms with van der Waals surface area (Å²) in [6.45, 7) is 5.80. The van der Waals surface area contributed by atoms with Crippen molar-refractivity contribution in [2.75, 3.05) is 13.2 Å². The molecule has 0 saturated carbocycles. The first kappa shape index (κ1) is 14.0. The van der Waals surface area contributed by atoms with E-state index in [-0.39, 0.29) is 6.10 Å². The van der Waals surface area contributed by atoms with Crippen LogP contribution in [0.4, 0.5) is 0 Å². The van der Waals surface area contributed by atoms with Crippen LogP contribution in [0.5, 0.6) is 0 Å². The van der Waals surface area contributed by atoms with E-state index >= 15 is 0 Å². The molecule has 1 rings (SSSR count). The van der Waals surface area contributed by atoms with Crippen LogP contribution in [-0.2, 0) is 16.1 Å². The van der Waals surface area contributed by atoms with Crippen LogP contribution in [-0.4, -0.2) is 19.3 Å². The van der Waals surface area contributed by atoms with Crippen molar-refractivity contribution in [3.63, 3.8) is 0 Å². The number of halogens is 2. The number of benzene rings is 1. The lowest BCUT2D eigenvalue weighted by atomic mass is 10.2. The molecule has 4 heteroatoms. The monoisotopic (exact) mass is 306 g/mol. The number of hydrogen-bond donors (Lipinski definition) is 0. The zero-order valence-electron chi connectivity index (χ0n) is 9.50. The standard InChI is InChI=1S/C12H16BrClO2/c1-3-15-7-9(2)16-8-10-4-5-11(13)6-12(10)14/h4-6,9H,3,7-8H2,1-2H3. The van der Waals surface area contributed by atoms with Gasteiger partial charge in [0.1, 0.15) is 0 Å². The van der Waals surface area contributed by atoms with Gasteiger partial charge < -0.3 is 9.47 Å². The summed E-state index contributed by atoms with van der Waals surface area (Å²) in [6, 6.07) is 5.78. The zero-order chi connectivity index (χ0) is 12.0. The molecule has 0 saturated heterocycles. The molecule has 0 aromatic heterocycles. The van der Waals surface area contributed by atoms with Crippen molar-refractivity contribution in [3.05, 3.63) is 33.3 Å². The maximum atomic E-state index is 6.08. The highest BCUT2D eigenvalue weighted by molar-refractivity contribution is 9.10. The summed E-state index contributed by atoms with van der Waals surface area (Å²) in [7, 11) is 0. The van der Waals surface area contributed by atoms with Gasteiger partial charge in [0.05, 0.1) is 19.3 Å². The summed E-state index contributed by atoms with van der Waals surface area (Å²) in [4.78, 5) is 0. The second-order valence-corrected chi connectivity index (χ2v) is 4.84. The number of hydrogen-bond acceptors (Lipinski definition) is 2. The molecule has 0 bridgehead atoms. The first-order valence-corrected chi connectivity index (χ1v) is 6.43. The van der Waals surface area contributed by atoms with Crippen molar-refractivity contribution in [2.45, 2.75) is 26.6 Å². The Kier molecular flexibility index (Phi) is 6.36. The molecule has 2 nitrogen and oxygen atoms in total. The van der Waals surface area contributed by atoms with Crippen LogP contribution >= 0.6 is 27.5 Å². The summed E-state index contributed by atoms with van der Waals surface area (Å²) in [5.41, 5.74) is 0.994. The highest BCUT2D eigenvalue weighted by Gasteiger charge is 2.05. The third kappa shape index (κ3) is 4.83. The van der Waals surface area contributed by atoms with E-state index in [0.717, 1.165) is 15.1 Å². The van der Waals surface area contributed by atoms with E-state index in [1.165, 1.54) is 0 Å². The SMILES string of the molecule is CCOCC(C)OCc1ccc(Br)cc1Cl. The van der Waals surface area contributed by atoms with Crippen LogP contribution in [0.1, 0.15) is 19.4 Å². The van der Waals surface area contributed by atoms with Crippen LogP contribution in [0, 0.1) is 0 Å². The molecule has 90 valence electrons. The van der Waals surface area contributed by atoms with Gasteiger partial charge in [-0.2, -0.15) is 0 Å². The van der Waals surface area contributed by atoms with Crippen molar-refractivity contribution < 1.29 is 9.47 Å².